The summed E-state index contributed by atoms with van der Waals surface area (Å²) in [5.74, 6) is -2.74. The lowest BCUT2D eigenvalue weighted by atomic mass is 10.00. The third kappa shape index (κ3) is 4.83. The van der Waals surface area contributed by atoms with Gasteiger partial charge in [-0.2, -0.15) is 0 Å². The van der Waals surface area contributed by atoms with Crippen LogP contribution >= 0.6 is 0 Å². The SMILES string of the molecule is O=C(/C=C/c1ccncc1)N1CC[C@@](O)(CN2CCC(F)(F)CC2)C1. The Labute approximate surface area is 146 Å². The van der Waals surface area contributed by atoms with Crippen molar-refractivity contribution in [1.82, 2.24) is 14.8 Å². The van der Waals surface area contributed by atoms with Gasteiger partial charge in [-0.1, -0.05) is 0 Å². The number of halogens is 2. The summed E-state index contributed by atoms with van der Waals surface area (Å²) in [6.07, 6.45) is 6.65. The lowest BCUT2D eigenvalue weighted by Gasteiger charge is -2.36. The first kappa shape index (κ1) is 17.9. The average Bonchev–Trinajstić information content (AvgIpc) is 2.98. The Morgan fingerprint density at radius 1 is 1.20 bits per heavy atom. The van der Waals surface area contributed by atoms with E-state index in [9.17, 15) is 18.7 Å². The molecule has 2 aliphatic rings. The van der Waals surface area contributed by atoms with Gasteiger partial charge in [0.15, 0.2) is 0 Å². The number of β-amino-alcohol motifs (C(OH)–C–C–N with tert-alkyl or cyclic N) is 1. The molecule has 1 amide bonds. The van der Waals surface area contributed by atoms with Crippen LogP contribution in [0.2, 0.25) is 0 Å². The van der Waals surface area contributed by atoms with Gasteiger partial charge in [0.05, 0.1) is 12.1 Å². The fourth-order valence-electron chi connectivity index (χ4n) is 3.38. The number of carbonyl (C=O) groups is 1. The molecule has 1 aromatic rings. The maximum Gasteiger partial charge on any atom is 0.250 e. The quantitative estimate of drug-likeness (QED) is 0.841. The van der Waals surface area contributed by atoms with Crippen molar-refractivity contribution in [1.29, 1.82) is 0 Å². The zero-order valence-electron chi connectivity index (χ0n) is 14.1. The van der Waals surface area contributed by atoms with E-state index in [1.54, 1.807) is 35.5 Å². The molecule has 1 atom stereocenters. The molecule has 1 aromatic heterocycles. The maximum atomic E-state index is 13.2. The van der Waals surface area contributed by atoms with Crippen molar-refractivity contribution in [3.63, 3.8) is 0 Å². The van der Waals surface area contributed by atoms with Crippen molar-refractivity contribution in [2.45, 2.75) is 30.8 Å². The van der Waals surface area contributed by atoms with E-state index < -0.39 is 11.5 Å². The van der Waals surface area contributed by atoms with Crippen LogP contribution in [0, 0.1) is 0 Å². The lowest BCUT2D eigenvalue weighted by molar-refractivity contribution is -0.126. The van der Waals surface area contributed by atoms with Gasteiger partial charge >= 0.3 is 0 Å². The van der Waals surface area contributed by atoms with E-state index in [0.717, 1.165) is 5.56 Å². The molecular weight excluding hydrogens is 328 g/mol. The molecule has 2 fully saturated rings. The smallest absolute Gasteiger partial charge is 0.250 e. The Bertz CT molecular complexity index is 628. The molecule has 0 bridgehead atoms. The standard InChI is InChI=1S/C18H23F2N3O2/c19-18(20)6-10-22(11-7-18)13-17(25)5-12-23(14-17)16(24)2-1-15-3-8-21-9-4-15/h1-4,8-9,25H,5-7,10-14H2/b2-1+/t17-/m1/s1. The van der Waals surface area contributed by atoms with Gasteiger partial charge in [-0.3, -0.25) is 14.7 Å². The zero-order chi connectivity index (χ0) is 17.9. The van der Waals surface area contributed by atoms with Gasteiger partial charge in [0, 0.05) is 57.5 Å². The molecule has 136 valence electrons. The normalized spacial score (nSPS) is 27.1. The highest BCUT2D eigenvalue weighted by Gasteiger charge is 2.41. The predicted octanol–water partition coefficient (Wildman–Crippen LogP) is 1.79. The molecule has 0 saturated carbocycles. The molecule has 1 N–H and O–H groups in total. The fraction of sp³-hybridized carbons (Fsp3) is 0.556. The first-order chi connectivity index (χ1) is 11.9. The molecule has 0 radical (unpaired) electrons. The van der Waals surface area contributed by atoms with Gasteiger partial charge in [0.25, 0.3) is 5.92 Å². The summed E-state index contributed by atoms with van der Waals surface area (Å²) in [5, 5.41) is 10.7. The van der Waals surface area contributed by atoms with Crippen molar-refractivity contribution in [3.05, 3.63) is 36.2 Å². The molecule has 5 nitrogen and oxygen atoms in total. The van der Waals surface area contributed by atoms with Crippen molar-refractivity contribution in [2.24, 2.45) is 0 Å². The largest absolute Gasteiger partial charge is 0.387 e. The van der Waals surface area contributed by atoms with Gasteiger partial charge in [0.2, 0.25) is 5.91 Å². The summed E-state index contributed by atoms with van der Waals surface area (Å²) in [6, 6.07) is 3.60. The number of aromatic nitrogens is 1. The molecule has 3 heterocycles. The van der Waals surface area contributed by atoms with Crippen LogP contribution in [0.4, 0.5) is 8.78 Å². The number of likely N-dealkylation sites (tertiary alicyclic amines) is 2. The zero-order valence-corrected chi connectivity index (χ0v) is 14.1. The van der Waals surface area contributed by atoms with E-state index in [1.165, 1.54) is 6.08 Å². The number of hydrogen-bond acceptors (Lipinski definition) is 4. The first-order valence-electron chi connectivity index (χ1n) is 8.55. The van der Waals surface area contributed by atoms with Crippen LogP contribution in [0.3, 0.4) is 0 Å². The summed E-state index contributed by atoms with van der Waals surface area (Å²) in [4.78, 5) is 19.7. The van der Waals surface area contributed by atoms with Crippen molar-refractivity contribution < 1.29 is 18.7 Å². The maximum absolute atomic E-state index is 13.2. The number of amides is 1. The third-order valence-electron chi connectivity index (χ3n) is 4.87. The van der Waals surface area contributed by atoms with Crippen LogP contribution in [0.25, 0.3) is 6.08 Å². The second-order valence-electron chi connectivity index (χ2n) is 6.98. The molecule has 0 unspecified atom stereocenters. The summed E-state index contributed by atoms with van der Waals surface area (Å²) in [7, 11) is 0. The van der Waals surface area contributed by atoms with Crippen LogP contribution < -0.4 is 0 Å². The molecule has 3 rings (SSSR count). The van der Waals surface area contributed by atoms with E-state index in [4.69, 9.17) is 0 Å². The van der Waals surface area contributed by atoms with Crippen molar-refractivity contribution >= 4 is 12.0 Å². The molecular formula is C18H23F2N3O2. The Morgan fingerprint density at radius 2 is 1.88 bits per heavy atom. The molecule has 0 spiro atoms. The van der Waals surface area contributed by atoms with Gasteiger partial charge in [-0.15, -0.1) is 0 Å². The van der Waals surface area contributed by atoms with Crippen molar-refractivity contribution in [2.75, 3.05) is 32.7 Å². The van der Waals surface area contributed by atoms with E-state index >= 15 is 0 Å². The Balaban J connectivity index is 1.52. The molecule has 2 saturated heterocycles. The number of pyridine rings is 1. The summed E-state index contributed by atoms with van der Waals surface area (Å²) < 4.78 is 26.5. The minimum atomic E-state index is -2.59. The molecule has 25 heavy (non-hydrogen) atoms. The number of alkyl halides is 2. The monoisotopic (exact) mass is 351 g/mol. The minimum absolute atomic E-state index is 0.155. The Hall–Kier alpha value is -1.86. The topological polar surface area (TPSA) is 56.7 Å². The number of piperidine rings is 1. The fourth-order valence-corrected chi connectivity index (χ4v) is 3.38. The predicted molar refractivity (Wildman–Crippen MR) is 90.0 cm³/mol. The average molecular weight is 351 g/mol. The van der Waals surface area contributed by atoms with Crippen LogP contribution in [0.15, 0.2) is 30.6 Å². The molecule has 2 aliphatic heterocycles. The second kappa shape index (κ2) is 7.17. The van der Waals surface area contributed by atoms with E-state index in [2.05, 4.69) is 4.98 Å². The van der Waals surface area contributed by atoms with Crippen molar-refractivity contribution in [3.8, 4) is 0 Å². The highest BCUT2D eigenvalue weighted by Crippen LogP contribution is 2.30. The summed E-state index contributed by atoms with van der Waals surface area (Å²) in [6.45, 7) is 1.61. The Morgan fingerprint density at radius 3 is 2.56 bits per heavy atom. The molecule has 7 heteroatoms. The van der Waals surface area contributed by atoms with Gasteiger partial charge in [0.1, 0.15) is 0 Å². The number of carbonyl (C=O) groups excluding carboxylic acids is 1. The highest BCUT2D eigenvalue weighted by molar-refractivity contribution is 5.92. The summed E-state index contributed by atoms with van der Waals surface area (Å²) >= 11 is 0. The Kier molecular flexibility index (Phi) is 5.15. The number of nitrogens with zero attached hydrogens (tertiary/aromatic N) is 3. The number of hydrogen-bond donors (Lipinski definition) is 1. The minimum Gasteiger partial charge on any atom is -0.387 e. The van der Waals surface area contributed by atoms with Gasteiger partial charge in [-0.05, 0) is 30.2 Å². The number of aliphatic hydroxyl groups is 1. The van der Waals surface area contributed by atoms with Gasteiger partial charge < -0.3 is 10.0 Å². The van der Waals surface area contributed by atoms with E-state index in [-0.39, 0.29) is 38.4 Å². The summed E-state index contributed by atoms with van der Waals surface area (Å²) in [5.41, 5.74) is -0.140. The van der Waals surface area contributed by atoms with E-state index in [0.29, 0.717) is 19.5 Å². The van der Waals surface area contributed by atoms with E-state index in [1.807, 2.05) is 4.90 Å². The molecule has 0 aliphatic carbocycles. The third-order valence-corrected chi connectivity index (χ3v) is 4.87. The van der Waals surface area contributed by atoms with Crippen LogP contribution in [0.1, 0.15) is 24.8 Å². The van der Waals surface area contributed by atoms with Gasteiger partial charge in [-0.25, -0.2) is 8.78 Å². The van der Waals surface area contributed by atoms with Crippen LogP contribution in [0.5, 0.6) is 0 Å². The van der Waals surface area contributed by atoms with Crippen LogP contribution in [-0.4, -0.2) is 70.0 Å². The second-order valence-corrected chi connectivity index (χ2v) is 6.98. The van der Waals surface area contributed by atoms with Crippen LogP contribution in [-0.2, 0) is 4.79 Å². The molecule has 0 aromatic carbocycles. The highest BCUT2D eigenvalue weighted by atomic mass is 19.3. The lowest BCUT2D eigenvalue weighted by Crippen LogP contribution is -2.49. The number of rotatable bonds is 4. The first-order valence-corrected chi connectivity index (χ1v) is 8.55.